The number of likely N-dealkylation sites (tertiary alicyclic amines) is 1. The number of allylic oxidation sites excluding steroid dienone is 1. The van der Waals surface area contributed by atoms with Gasteiger partial charge in [-0.15, -0.1) is 0 Å². The second-order valence-corrected chi connectivity index (χ2v) is 8.86. The summed E-state index contributed by atoms with van der Waals surface area (Å²) in [5.41, 5.74) is 1.20. The van der Waals surface area contributed by atoms with Crippen molar-refractivity contribution in [3.05, 3.63) is 65.1 Å². The van der Waals surface area contributed by atoms with Gasteiger partial charge >= 0.3 is 18.4 Å². The number of benzene rings is 2. The largest absolute Gasteiger partial charge is 0.420 e. The van der Waals surface area contributed by atoms with Crippen LogP contribution in [0.25, 0.3) is 5.57 Å². The maximum Gasteiger partial charge on any atom is 0.420 e. The zero-order valence-corrected chi connectivity index (χ0v) is 20.9. The molecule has 1 heterocycles. The highest BCUT2D eigenvalue weighted by Crippen LogP contribution is 2.44. The van der Waals surface area contributed by atoms with E-state index in [0.29, 0.717) is 12.6 Å². The smallest absolute Gasteiger partial charge is 0.409 e. The van der Waals surface area contributed by atoms with Gasteiger partial charge in [0.05, 0.1) is 17.7 Å². The highest BCUT2D eigenvalue weighted by atomic mass is 19.4. The van der Waals surface area contributed by atoms with E-state index in [4.69, 9.17) is 10.5 Å². The summed E-state index contributed by atoms with van der Waals surface area (Å²) in [4.78, 5) is 19.9. The first-order valence-corrected chi connectivity index (χ1v) is 12.0. The van der Waals surface area contributed by atoms with E-state index in [1.165, 1.54) is 12.1 Å². The van der Waals surface area contributed by atoms with Crippen LogP contribution in [0.3, 0.4) is 0 Å². The predicted molar refractivity (Wildman–Crippen MR) is 133 cm³/mol. The summed E-state index contributed by atoms with van der Waals surface area (Å²) in [6, 6.07) is 4.67. The summed E-state index contributed by atoms with van der Waals surface area (Å²) in [5.74, 6) is -1.80. The van der Waals surface area contributed by atoms with Crippen molar-refractivity contribution in [2.45, 2.75) is 31.6 Å². The fourth-order valence-corrected chi connectivity index (χ4v) is 4.00. The molecular formula is C26H27F7N4O2. The Morgan fingerprint density at radius 2 is 1.69 bits per heavy atom. The topological polar surface area (TPSA) is 71.2 Å². The lowest BCUT2D eigenvalue weighted by Crippen LogP contribution is -2.31. The van der Waals surface area contributed by atoms with Crippen LogP contribution in [0.15, 0.2) is 47.6 Å². The molecule has 0 saturated carbocycles. The molecule has 39 heavy (non-hydrogen) atoms. The number of ether oxygens (including phenoxy) is 1. The molecule has 0 unspecified atom stereocenters. The van der Waals surface area contributed by atoms with E-state index in [1.807, 2.05) is 0 Å². The van der Waals surface area contributed by atoms with Crippen molar-refractivity contribution in [1.29, 1.82) is 0 Å². The zero-order valence-electron chi connectivity index (χ0n) is 20.9. The Bertz CT molecular complexity index is 1200. The van der Waals surface area contributed by atoms with Crippen LogP contribution in [0.5, 0.6) is 5.75 Å². The van der Waals surface area contributed by atoms with Gasteiger partial charge in [-0.1, -0.05) is 6.42 Å². The van der Waals surface area contributed by atoms with Crippen molar-refractivity contribution in [3.8, 4) is 5.75 Å². The van der Waals surface area contributed by atoms with Crippen LogP contribution in [0.1, 0.15) is 36.0 Å². The summed E-state index contributed by atoms with van der Waals surface area (Å²) >= 11 is 0. The van der Waals surface area contributed by atoms with Crippen molar-refractivity contribution < 1.29 is 40.3 Å². The van der Waals surface area contributed by atoms with Crippen LogP contribution in [-0.2, 0) is 12.4 Å². The Morgan fingerprint density at radius 3 is 2.26 bits per heavy atom. The van der Waals surface area contributed by atoms with Gasteiger partial charge in [-0.05, 0) is 62.3 Å². The van der Waals surface area contributed by atoms with E-state index in [-0.39, 0.29) is 23.9 Å². The molecule has 0 bridgehead atoms. The van der Waals surface area contributed by atoms with E-state index in [1.54, 1.807) is 0 Å². The number of carbonyl (C=O) groups is 1. The lowest BCUT2D eigenvalue weighted by molar-refractivity contribution is -0.143. The minimum absolute atomic E-state index is 0.0669. The first kappa shape index (κ1) is 29.9. The average Bonchev–Trinajstić information content (AvgIpc) is 2.88. The molecular weight excluding hydrogens is 533 g/mol. The maximum atomic E-state index is 14.0. The Balaban J connectivity index is 2.01. The van der Waals surface area contributed by atoms with Gasteiger partial charge in [-0.3, -0.25) is 9.89 Å². The fraction of sp³-hybridized carbons (Fsp3) is 0.385. The average molecular weight is 561 g/mol. The van der Waals surface area contributed by atoms with Crippen LogP contribution in [-0.4, -0.2) is 50.4 Å². The van der Waals surface area contributed by atoms with Crippen molar-refractivity contribution in [2.75, 3.05) is 38.1 Å². The first-order valence-electron chi connectivity index (χ1n) is 12.0. The minimum Gasteiger partial charge on any atom is -0.409 e. The highest BCUT2D eigenvalue weighted by Gasteiger charge is 2.41. The third-order valence-corrected chi connectivity index (χ3v) is 6.11. The van der Waals surface area contributed by atoms with Gasteiger partial charge in [0.25, 0.3) is 0 Å². The second kappa shape index (κ2) is 12.5. The number of carbonyl (C=O) groups excluding carboxylic acids is 1. The molecule has 212 valence electrons. The molecule has 13 heteroatoms. The molecule has 1 aliphatic heterocycles. The SMILES string of the molecule is CN(C(=O)Oc1c(C(C=NCCN2CCCCC2)=CN)cc(C(F)(F)F)cc1C(F)(F)F)c1ccc(F)cc1. The van der Waals surface area contributed by atoms with E-state index in [2.05, 4.69) is 9.89 Å². The number of nitrogens with two attached hydrogens (primary N) is 1. The molecule has 2 aromatic rings. The van der Waals surface area contributed by atoms with E-state index in [9.17, 15) is 35.5 Å². The Morgan fingerprint density at radius 1 is 1.05 bits per heavy atom. The summed E-state index contributed by atoms with van der Waals surface area (Å²) in [6.07, 6.45) is -6.80. The number of hydrogen-bond acceptors (Lipinski definition) is 5. The number of piperidine rings is 1. The first-order chi connectivity index (χ1) is 18.3. The summed E-state index contributed by atoms with van der Waals surface area (Å²) < 4.78 is 101. The van der Waals surface area contributed by atoms with Crippen LogP contribution in [0.4, 0.5) is 41.2 Å². The molecule has 1 saturated heterocycles. The molecule has 0 aliphatic carbocycles. The lowest BCUT2D eigenvalue weighted by atomic mass is 9.98. The number of halogens is 7. The van der Waals surface area contributed by atoms with Crippen molar-refractivity contribution in [3.63, 3.8) is 0 Å². The summed E-state index contributed by atoms with van der Waals surface area (Å²) in [7, 11) is 1.15. The van der Waals surface area contributed by atoms with Gasteiger partial charge in [0.15, 0.2) is 5.75 Å². The fourth-order valence-electron chi connectivity index (χ4n) is 4.00. The second-order valence-electron chi connectivity index (χ2n) is 8.86. The lowest BCUT2D eigenvalue weighted by Gasteiger charge is -2.25. The monoisotopic (exact) mass is 560 g/mol. The van der Waals surface area contributed by atoms with Gasteiger partial charge in [0.2, 0.25) is 0 Å². The standard InChI is InChI=1S/C26H27F7N4O2/c1-36(20-7-5-19(27)6-8-20)24(38)39-23-21(13-18(25(28,29)30)14-22(23)26(31,32)33)17(15-34)16-35-9-12-37-10-3-2-4-11-37/h5-8,13-16H,2-4,9-12,34H2,1H3. The van der Waals surface area contributed by atoms with Crippen molar-refractivity contribution >= 4 is 23.6 Å². The molecule has 1 fully saturated rings. The molecule has 0 atom stereocenters. The van der Waals surface area contributed by atoms with Crippen LogP contribution < -0.4 is 15.4 Å². The summed E-state index contributed by atoms with van der Waals surface area (Å²) in [5, 5.41) is 0. The minimum atomic E-state index is -5.33. The van der Waals surface area contributed by atoms with E-state index in [0.717, 1.165) is 68.8 Å². The normalized spacial score (nSPS) is 15.5. The van der Waals surface area contributed by atoms with Gasteiger partial charge < -0.3 is 15.4 Å². The van der Waals surface area contributed by atoms with Gasteiger partial charge in [-0.25, -0.2) is 9.18 Å². The number of rotatable bonds is 7. The number of aliphatic imine (C=N–C) groups is 1. The van der Waals surface area contributed by atoms with E-state index >= 15 is 0 Å². The molecule has 0 aromatic heterocycles. The number of alkyl halides is 6. The van der Waals surface area contributed by atoms with Crippen molar-refractivity contribution in [1.82, 2.24) is 4.90 Å². The number of hydrogen-bond donors (Lipinski definition) is 1. The Hall–Kier alpha value is -3.61. The third-order valence-electron chi connectivity index (χ3n) is 6.11. The van der Waals surface area contributed by atoms with Crippen LogP contribution in [0.2, 0.25) is 0 Å². The molecule has 1 amide bonds. The van der Waals surface area contributed by atoms with Gasteiger partial charge in [0.1, 0.15) is 5.82 Å². The number of anilines is 1. The molecule has 1 aliphatic rings. The molecule has 2 N–H and O–H groups in total. The number of nitrogens with zero attached hydrogens (tertiary/aromatic N) is 3. The molecule has 0 radical (unpaired) electrons. The summed E-state index contributed by atoms with van der Waals surface area (Å²) in [6.45, 7) is 2.53. The van der Waals surface area contributed by atoms with E-state index < -0.39 is 46.7 Å². The molecule has 0 spiro atoms. The number of amides is 1. The Labute approximate surface area is 220 Å². The van der Waals surface area contributed by atoms with Gasteiger partial charge in [-0.2, -0.15) is 26.3 Å². The van der Waals surface area contributed by atoms with Crippen molar-refractivity contribution in [2.24, 2.45) is 10.7 Å². The Kier molecular flexibility index (Phi) is 9.59. The van der Waals surface area contributed by atoms with Crippen LogP contribution >= 0.6 is 0 Å². The quantitative estimate of drug-likeness (QED) is 0.316. The third kappa shape index (κ3) is 7.94. The maximum absolute atomic E-state index is 14.0. The predicted octanol–water partition coefficient (Wildman–Crippen LogP) is 6.35. The van der Waals surface area contributed by atoms with Crippen LogP contribution in [0, 0.1) is 5.82 Å². The molecule has 2 aromatic carbocycles. The molecule has 6 nitrogen and oxygen atoms in total. The zero-order chi connectivity index (χ0) is 28.8. The molecule has 3 rings (SSSR count). The van der Waals surface area contributed by atoms with Gasteiger partial charge in [0, 0.05) is 42.8 Å². The highest BCUT2D eigenvalue weighted by molar-refractivity contribution is 6.11.